The fourth-order valence-corrected chi connectivity index (χ4v) is 2.85. The van der Waals surface area contributed by atoms with E-state index in [-0.39, 0.29) is 11.5 Å². The number of hydrogen-bond donors (Lipinski definition) is 2. The number of aryl methyl sites for hydroxylation is 1. The lowest BCUT2D eigenvalue weighted by molar-refractivity contribution is -0.272. The molecular formula is C19H16F3N5O3. The maximum absolute atomic E-state index is 13.5. The van der Waals surface area contributed by atoms with Crippen LogP contribution in [0.25, 0.3) is 11.3 Å². The number of benzene rings is 1. The Kier molecular flexibility index (Phi) is 5.62. The quantitative estimate of drug-likeness (QED) is 0.634. The molecule has 0 aliphatic rings. The molecule has 0 saturated carbocycles. The van der Waals surface area contributed by atoms with Crippen LogP contribution in [0.2, 0.25) is 0 Å². The van der Waals surface area contributed by atoms with E-state index in [1.807, 2.05) is 6.07 Å². The summed E-state index contributed by atoms with van der Waals surface area (Å²) in [6.45, 7) is -0.498. The average molecular weight is 419 g/mol. The van der Waals surface area contributed by atoms with E-state index < -0.39 is 36.5 Å². The molecule has 1 aromatic carbocycles. The number of nitrogens with zero attached hydrogens (tertiary/aromatic N) is 4. The fourth-order valence-electron chi connectivity index (χ4n) is 2.85. The molecule has 2 aromatic heterocycles. The summed E-state index contributed by atoms with van der Waals surface area (Å²) in [5.74, 6) is -1.60. The van der Waals surface area contributed by atoms with Crippen LogP contribution >= 0.6 is 0 Å². The molecule has 1 atom stereocenters. The lowest BCUT2D eigenvalue weighted by atomic mass is 9.97. The van der Waals surface area contributed by atoms with Crippen molar-refractivity contribution >= 4 is 5.91 Å². The fraction of sp³-hybridized carbons (Fsp3) is 0.263. The van der Waals surface area contributed by atoms with E-state index in [4.69, 9.17) is 9.78 Å². The van der Waals surface area contributed by atoms with Gasteiger partial charge in [0.2, 0.25) is 11.4 Å². The monoisotopic (exact) mass is 419 g/mol. The standard InChI is InChI=1S/C19H16F3N5O3/c1-27-8-7-25-17(27)18(29,19(20,21)22)5-6-24-16(28)15-10-14(26-30-15)13-4-2-3-12(9-13)11-23/h2-4,7-10,29H,5-6H2,1H3,(H,24,28). The normalized spacial score (nSPS) is 13.5. The first-order valence-electron chi connectivity index (χ1n) is 8.68. The van der Waals surface area contributed by atoms with Gasteiger partial charge in [0.05, 0.1) is 11.6 Å². The number of carbonyl (C=O) groups is 1. The molecule has 0 saturated heterocycles. The van der Waals surface area contributed by atoms with Crippen LogP contribution in [0.3, 0.4) is 0 Å². The van der Waals surface area contributed by atoms with Gasteiger partial charge in [0.15, 0.2) is 0 Å². The summed E-state index contributed by atoms with van der Waals surface area (Å²) >= 11 is 0. The molecule has 0 aliphatic carbocycles. The molecule has 0 fully saturated rings. The summed E-state index contributed by atoms with van der Waals surface area (Å²) in [7, 11) is 1.33. The minimum atomic E-state index is -5.00. The molecule has 8 nitrogen and oxygen atoms in total. The number of hydrogen-bond acceptors (Lipinski definition) is 6. The summed E-state index contributed by atoms with van der Waals surface area (Å²) < 4.78 is 46.5. The van der Waals surface area contributed by atoms with E-state index in [2.05, 4.69) is 15.5 Å². The van der Waals surface area contributed by atoms with Crippen molar-refractivity contribution in [1.29, 1.82) is 5.26 Å². The lowest BCUT2D eigenvalue weighted by Gasteiger charge is -2.29. The molecule has 2 N–H and O–H groups in total. The Morgan fingerprint density at radius 2 is 2.13 bits per heavy atom. The predicted molar refractivity (Wildman–Crippen MR) is 96.8 cm³/mol. The van der Waals surface area contributed by atoms with Gasteiger partial charge >= 0.3 is 6.18 Å². The Morgan fingerprint density at radius 3 is 2.77 bits per heavy atom. The van der Waals surface area contributed by atoms with Gasteiger partial charge in [-0.1, -0.05) is 17.3 Å². The van der Waals surface area contributed by atoms with Crippen molar-refractivity contribution in [2.75, 3.05) is 6.54 Å². The number of imidazole rings is 1. The maximum atomic E-state index is 13.5. The zero-order valence-electron chi connectivity index (χ0n) is 15.6. The molecule has 11 heteroatoms. The Morgan fingerprint density at radius 1 is 1.37 bits per heavy atom. The van der Waals surface area contributed by atoms with E-state index in [1.165, 1.54) is 19.3 Å². The molecule has 0 bridgehead atoms. The highest BCUT2D eigenvalue weighted by molar-refractivity contribution is 5.92. The first-order valence-corrected chi connectivity index (χ1v) is 8.68. The van der Waals surface area contributed by atoms with Crippen molar-refractivity contribution in [3.05, 3.63) is 59.9 Å². The summed E-state index contributed by atoms with van der Waals surface area (Å²) in [5.41, 5.74) is -2.01. The van der Waals surface area contributed by atoms with Crippen LogP contribution in [0.15, 0.2) is 47.2 Å². The van der Waals surface area contributed by atoms with Crippen molar-refractivity contribution < 1.29 is 27.6 Å². The first kappa shape index (κ1) is 21.1. The second-order valence-electron chi connectivity index (χ2n) is 6.49. The van der Waals surface area contributed by atoms with Crippen LogP contribution in [0.4, 0.5) is 13.2 Å². The van der Waals surface area contributed by atoms with Crippen LogP contribution in [0, 0.1) is 11.3 Å². The third kappa shape index (κ3) is 4.04. The highest BCUT2D eigenvalue weighted by Crippen LogP contribution is 2.40. The van der Waals surface area contributed by atoms with Crippen LogP contribution in [-0.2, 0) is 12.6 Å². The molecule has 156 valence electrons. The van der Waals surface area contributed by atoms with Crippen molar-refractivity contribution in [2.24, 2.45) is 7.05 Å². The van der Waals surface area contributed by atoms with Gasteiger partial charge in [0, 0.05) is 44.0 Å². The first-order chi connectivity index (χ1) is 14.2. The maximum Gasteiger partial charge on any atom is 0.424 e. The smallest absolute Gasteiger partial charge is 0.374 e. The lowest BCUT2D eigenvalue weighted by Crippen LogP contribution is -2.46. The molecule has 0 spiro atoms. The largest absolute Gasteiger partial charge is 0.424 e. The van der Waals surface area contributed by atoms with Crippen molar-refractivity contribution in [3.8, 4) is 17.3 Å². The second-order valence-corrected chi connectivity index (χ2v) is 6.49. The zero-order valence-corrected chi connectivity index (χ0v) is 15.6. The molecule has 3 rings (SSSR count). The van der Waals surface area contributed by atoms with Gasteiger partial charge in [0.25, 0.3) is 5.91 Å². The number of aliphatic hydroxyl groups is 1. The molecule has 2 heterocycles. The zero-order chi connectivity index (χ0) is 21.9. The molecule has 1 unspecified atom stereocenters. The predicted octanol–water partition coefficient (Wildman–Crippen LogP) is 2.52. The number of nitrogens with one attached hydrogen (secondary N) is 1. The molecule has 30 heavy (non-hydrogen) atoms. The molecular weight excluding hydrogens is 403 g/mol. The Balaban J connectivity index is 1.69. The highest BCUT2D eigenvalue weighted by atomic mass is 19.4. The Hall–Kier alpha value is -3.65. The van der Waals surface area contributed by atoms with Crippen LogP contribution in [0.1, 0.15) is 28.4 Å². The topological polar surface area (TPSA) is 117 Å². The average Bonchev–Trinajstić information content (AvgIpc) is 3.36. The van der Waals surface area contributed by atoms with E-state index in [1.54, 1.807) is 24.3 Å². The Labute approximate surface area is 168 Å². The van der Waals surface area contributed by atoms with Crippen LogP contribution in [0.5, 0.6) is 0 Å². The molecule has 0 aliphatic heterocycles. The second kappa shape index (κ2) is 8.00. The number of halogens is 3. The van der Waals surface area contributed by atoms with Gasteiger partial charge < -0.3 is 19.5 Å². The summed E-state index contributed by atoms with van der Waals surface area (Å²) in [5, 5.41) is 25.2. The number of rotatable bonds is 6. The van der Waals surface area contributed by atoms with E-state index in [9.17, 15) is 23.1 Å². The van der Waals surface area contributed by atoms with Gasteiger partial charge in [-0.05, 0) is 12.1 Å². The number of carbonyl (C=O) groups excluding carboxylic acids is 1. The number of nitriles is 1. The molecule has 1 amide bonds. The van der Waals surface area contributed by atoms with Crippen molar-refractivity contribution in [3.63, 3.8) is 0 Å². The number of alkyl halides is 3. The van der Waals surface area contributed by atoms with Crippen molar-refractivity contribution in [2.45, 2.75) is 18.2 Å². The van der Waals surface area contributed by atoms with Gasteiger partial charge in [-0.2, -0.15) is 18.4 Å². The van der Waals surface area contributed by atoms with E-state index in [0.717, 1.165) is 10.8 Å². The Bertz CT molecular complexity index is 1100. The third-order valence-corrected chi connectivity index (χ3v) is 4.45. The van der Waals surface area contributed by atoms with Gasteiger partial charge in [0.1, 0.15) is 11.5 Å². The molecule has 0 radical (unpaired) electrons. The van der Waals surface area contributed by atoms with E-state index in [0.29, 0.717) is 11.1 Å². The minimum absolute atomic E-state index is 0.222. The van der Waals surface area contributed by atoms with Crippen LogP contribution in [-0.4, -0.2) is 38.4 Å². The van der Waals surface area contributed by atoms with Gasteiger partial charge in [-0.25, -0.2) is 4.98 Å². The minimum Gasteiger partial charge on any atom is -0.374 e. The summed E-state index contributed by atoms with van der Waals surface area (Å²) in [6.07, 6.45) is -3.43. The SMILES string of the molecule is Cn1ccnc1C(O)(CCNC(=O)c1cc(-c2cccc(C#N)c2)no1)C(F)(F)F. The summed E-state index contributed by atoms with van der Waals surface area (Å²) in [6, 6.07) is 9.73. The summed E-state index contributed by atoms with van der Waals surface area (Å²) in [4.78, 5) is 15.8. The number of aromatic nitrogens is 3. The van der Waals surface area contributed by atoms with Crippen molar-refractivity contribution in [1.82, 2.24) is 20.0 Å². The molecule has 3 aromatic rings. The number of amides is 1. The van der Waals surface area contributed by atoms with E-state index >= 15 is 0 Å². The van der Waals surface area contributed by atoms with Gasteiger partial charge in [-0.15, -0.1) is 0 Å². The van der Waals surface area contributed by atoms with Gasteiger partial charge in [-0.3, -0.25) is 4.79 Å². The highest BCUT2D eigenvalue weighted by Gasteiger charge is 2.57. The third-order valence-electron chi connectivity index (χ3n) is 4.45. The van der Waals surface area contributed by atoms with Crippen LogP contribution < -0.4 is 5.32 Å².